The summed E-state index contributed by atoms with van der Waals surface area (Å²) in [6, 6.07) is 4.92. The molecule has 0 fully saturated rings. The topological polar surface area (TPSA) is 64.6 Å². The average molecular weight is 320 g/mol. The van der Waals surface area contributed by atoms with Crippen molar-refractivity contribution in [3.8, 4) is 0 Å². The maximum atomic E-state index is 11.7. The maximum Gasteiger partial charge on any atom is 0.306 e. The number of carbonyl (C=O) groups is 2. The molecular weight excluding hydrogens is 305 g/mol. The van der Waals surface area contributed by atoms with Crippen LogP contribution in [-0.4, -0.2) is 32.2 Å². The first kappa shape index (κ1) is 16.8. The highest BCUT2D eigenvalue weighted by molar-refractivity contribution is 6.43. The summed E-state index contributed by atoms with van der Waals surface area (Å²) in [6.45, 7) is 0.507. The number of carbonyl (C=O) groups excluding carboxylic acids is 2. The number of halogens is 2. The molecule has 0 unspecified atom stereocenters. The van der Waals surface area contributed by atoms with Gasteiger partial charge in [0.15, 0.2) is 0 Å². The smallest absolute Gasteiger partial charge is 0.306 e. The monoisotopic (exact) mass is 319 g/mol. The molecule has 5 nitrogen and oxygen atoms in total. The summed E-state index contributed by atoms with van der Waals surface area (Å²) in [5.41, 5.74) is 0.414. The lowest BCUT2D eigenvalue weighted by molar-refractivity contribution is -0.145. The van der Waals surface area contributed by atoms with Crippen molar-refractivity contribution in [2.24, 2.45) is 0 Å². The molecule has 1 aromatic carbocycles. The highest BCUT2D eigenvalue weighted by Gasteiger charge is 2.11. The Hall–Kier alpha value is -1.30. The first-order valence-electron chi connectivity index (χ1n) is 5.93. The fourth-order valence-corrected chi connectivity index (χ4v) is 1.69. The zero-order valence-corrected chi connectivity index (χ0v) is 12.5. The lowest BCUT2D eigenvalue weighted by Crippen LogP contribution is -2.16. The van der Waals surface area contributed by atoms with E-state index in [1.807, 2.05) is 0 Å². The van der Waals surface area contributed by atoms with Gasteiger partial charge in [-0.2, -0.15) is 0 Å². The normalized spacial score (nSPS) is 10.2. The number of hydrogen-bond acceptors (Lipinski definition) is 4. The molecule has 0 aliphatic carbocycles. The van der Waals surface area contributed by atoms with Crippen LogP contribution < -0.4 is 5.32 Å². The van der Waals surface area contributed by atoms with Crippen molar-refractivity contribution < 1.29 is 19.1 Å². The molecule has 0 atom stereocenters. The van der Waals surface area contributed by atoms with E-state index in [4.69, 9.17) is 32.7 Å². The number of amides is 1. The summed E-state index contributed by atoms with van der Waals surface area (Å²) in [6.07, 6.45) is 0.00237. The molecule has 0 bridgehead atoms. The molecule has 0 radical (unpaired) electrons. The van der Waals surface area contributed by atoms with E-state index >= 15 is 0 Å². The second-order valence-corrected chi connectivity index (χ2v) is 4.65. The largest absolute Gasteiger partial charge is 0.463 e. The van der Waals surface area contributed by atoms with E-state index in [1.165, 1.54) is 7.11 Å². The van der Waals surface area contributed by atoms with Crippen LogP contribution in [0.5, 0.6) is 0 Å². The van der Waals surface area contributed by atoms with Crippen LogP contribution in [0.1, 0.15) is 12.8 Å². The van der Waals surface area contributed by atoms with E-state index in [0.29, 0.717) is 17.3 Å². The van der Waals surface area contributed by atoms with Crippen LogP contribution in [0, 0.1) is 0 Å². The van der Waals surface area contributed by atoms with Crippen molar-refractivity contribution in [1.82, 2.24) is 0 Å². The maximum absolute atomic E-state index is 11.7. The van der Waals surface area contributed by atoms with Gasteiger partial charge in [-0.3, -0.25) is 9.59 Å². The molecule has 0 heterocycles. The van der Waals surface area contributed by atoms with Gasteiger partial charge in [0.05, 0.1) is 28.8 Å². The summed E-state index contributed by atoms with van der Waals surface area (Å²) in [5.74, 6) is -0.785. The van der Waals surface area contributed by atoms with Gasteiger partial charge in [0, 0.05) is 13.5 Å². The number of rotatable bonds is 7. The molecule has 1 N–H and O–H groups in total. The second kappa shape index (κ2) is 8.79. The minimum absolute atomic E-state index is 0.00622. The Labute approximate surface area is 127 Å². The average Bonchev–Trinajstić information content (AvgIpc) is 2.42. The standard InChI is InChI=1S/C13H15Cl2NO4/c1-19-7-8-20-12(18)6-5-11(17)16-10-4-2-3-9(14)13(10)15/h2-4H,5-8H2,1H3,(H,16,17). The third kappa shape index (κ3) is 5.77. The molecule has 0 aliphatic heterocycles. The van der Waals surface area contributed by atoms with Crippen molar-refractivity contribution in [2.75, 3.05) is 25.6 Å². The highest BCUT2D eigenvalue weighted by atomic mass is 35.5. The number of ether oxygens (including phenoxy) is 2. The van der Waals surface area contributed by atoms with Gasteiger partial charge in [-0.05, 0) is 12.1 Å². The van der Waals surface area contributed by atoms with Crippen LogP contribution in [0.25, 0.3) is 0 Å². The second-order valence-electron chi connectivity index (χ2n) is 3.86. The zero-order valence-electron chi connectivity index (χ0n) is 10.9. The van der Waals surface area contributed by atoms with Gasteiger partial charge in [0.1, 0.15) is 6.61 Å². The molecule has 1 rings (SSSR count). The van der Waals surface area contributed by atoms with Gasteiger partial charge in [-0.25, -0.2) is 0 Å². The van der Waals surface area contributed by atoms with Crippen LogP contribution >= 0.6 is 23.2 Å². The molecule has 0 saturated heterocycles. The van der Waals surface area contributed by atoms with E-state index < -0.39 is 5.97 Å². The summed E-state index contributed by atoms with van der Waals surface area (Å²) < 4.78 is 9.57. The van der Waals surface area contributed by atoms with Crippen LogP contribution in [0.3, 0.4) is 0 Å². The fraction of sp³-hybridized carbons (Fsp3) is 0.385. The molecule has 0 aromatic heterocycles. The lowest BCUT2D eigenvalue weighted by Gasteiger charge is -2.08. The molecule has 1 amide bonds. The number of methoxy groups -OCH3 is 1. The first-order chi connectivity index (χ1) is 9.54. The van der Waals surface area contributed by atoms with E-state index in [0.717, 1.165) is 0 Å². The van der Waals surface area contributed by atoms with Gasteiger partial charge in [0.25, 0.3) is 0 Å². The zero-order chi connectivity index (χ0) is 15.0. The quantitative estimate of drug-likeness (QED) is 0.620. The highest BCUT2D eigenvalue weighted by Crippen LogP contribution is 2.29. The summed E-state index contributed by atoms with van der Waals surface area (Å²) >= 11 is 11.8. The Morgan fingerprint density at radius 3 is 2.65 bits per heavy atom. The third-order valence-corrected chi connectivity index (χ3v) is 3.15. The number of hydrogen-bond donors (Lipinski definition) is 1. The minimum Gasteiger partial charge on any atom is -0.463 e. The van der Waals surface area contributed by atoms with Crippen LogP contribution in [-0.2, 0) is 19.1 Å². The van der Waals surface area contributed by atoms with Crippen molar-refractivity contribution in [2.45, 2.75) is 12.8 Å². The molecule has 7 heteroatoms. The molecule has 0 spiro atoms. The van der Waals surface area contributed by atoms with E-state index in [9.17, 15) is 9.59 Å². The fourth-order valence-electron chi connectivity index (χ4n) is 1.34. The van der Waals surface area contributed by atoms with E-state index in [-0.39, 0.29) is 30.4 Å². The van der Waals surface area contributed by atoms with Gasteiger partial charge in [0.2, 0.25) is 5.91 Å². The molecule has 0 aliphatic rings. The Kier molecular flexibility index (Phi) is 7.36. The molecule has 20 heavy (non-hydrogen) atoms. The third-order valence-electron chi connectivity index (χ3n) is 2.33. The predicted molar refractivity (Wildman–Crippen MR) is 77.2 cm³/mol. The summed E-state index contributed by atoms with van der Waals surface area (Å²) in [4.78, 5) is 23.0. The lowest BCUT2D eigenvalue weighted by atomic mass is 10.2. The first-order valence-corrected chi connectivity index (χ1v) is 6.68. The van der Waals surface area contributed by atoms with Crippen molar-refractivity contribution in [3.63, 3.8) is 0 Å². The summed E-state index contributed by atoms with van der Waals surface area (Å²) in [5, 5.41) is 3.20. The Morgan fingerprint density at radius 2 is 1.95 bits per heavy atom. The van der Waals surface area contributed by atoms with Gasteiger partial charge in [-0.1, -0.05) is 29.3 Å². The van der Waals surface area contributed by atoms with Crippen molar-refractivity contribution in [3.05, 3.63) is 28.2 Å². The predicted octanol–water partition coefficient (Wildman–Crippen LogP) is 2.90. The minimum atomic E-state index is -0.450. The molecule has 1 aromatic rings. The molecule has 0 saturated carbocycles. The number of nitrogens with one attached hydrogen (secondary N) is 1. The Balaban J connectivity index is 2.37. The Morgan fingerprint density at radius 1 is 1.20 bits per heavy atom. The van der Waals surface area contributed by atoms with Gasteiger partial charge < -0.3 is 14.8 Å². The molecular formula is C13H15Cl2NO4. The van der Waals surface area contributed by atoms with E-state index in [1.54, 1.807) is 18.2 Å². The number of anilines is 1. The number of esters is 1. The Bertz CT molecular complexity index is 479. The van der Waals surface area contributed by atoms with Crippen molar-refractivity contribution >= 4 is 40.8 Å². The van der Waals surface area contributed by atoms with Crippen LogP contribution in [0.2, 0.25) is 10.0 Å². The summed E-state index contributed by atoms with van der Waals surface area (Å²) in [7, 11) is 1.51. The van der Waals surface area contributed by atoms with E-state index in [2.05, 4.69) is 5.32 Å². The van der Waals surface area contributed by atoms with Gasteiger partial charge >= 0.3 is 5.97 Å². The number of benzene rings is 1. The van der Waals surface area contributed by atoms with Crippen molar-refractivity contribution in [1.29, 1.82) is 0 Å². The molecule has 110 valence electrons. The van der Waals surface area contributed by atoms with Crippen LogP contribution in [0.15, 0.2) is 18.2 Å². The van der Waals surface area contributed by atoms with Crippen LogP contribution in [0.4, 0.5) is 5.69 Å². The van der Waals surface area contributed by atoms with Gasteiger partial charge in [-0.15, -0.1) is 0 Å². The SMILES string of the molecule is COCCOC(=O)CCC(=O)Nc1cccc(Cl)c1Cl.